The van der Waals surface area contributed by atoms with Gasteiger partial charge >= 0.3 is 36.2 Å². The van der Waals surface area contributed by atoms with Gasteiger partial charge in [-0.1, -0.05) is 0 Å². The molecule has 12 nitrogen and oxygen atoms in total. The van der Waals surface area contributed by atoms with Crippen molar-refractivity contribution in [2.24, 2.45) is 0 Å². The highest BCUT2D eigenvalue weighted by Gasteiger charge is 2.71. The molecule has 7 N–H and O–H groups in total. The van der Waals surface area contributed by atoms with E-state index in [2.05, 4.69) is 20.6 Å². The van der Waals surface area contributed by atoms with Crippen LogP contribution in [0.4, 0.5) is 0 Å². The Morgan fingerprint density at radius 2 is 1.35 bits per heavy atom. The number of hydrogen-bond acceptors (Lipinski definition) is 12. The second-order valence-corrected chi connectivity index (χ2v) is 12.0. The summed E-state index contributed by atoms with van der Waals surface area (Å²) in [5.41, 5.74) is 0. The zero-order chi connectivity index (χ0) is 13.5. The van der Waals surface area contributed by atoms with Crippen molar-refractivity contribution in [3.05, 3.63) is 0 Å². The molecule has 102 valence electrons. The minimum absolute atomic E-state index is 0.160. The van der Waals surface area contributed by atoms with Crippen LogP contribution in [0, 0.1) is 0 Å². The van der Waals surface area contributed by atoms with Crippen LogP contribution >= 0.6 is 0 Å². The van der Waals surface area contributed by atoms with E-state index in [1.54, 1.807) is 0 Å². The van der Waals surface area contributed by atoms with E-state index in [0.29, 0.717) is 0 Å². The fourth-order valence-electron chi connectivity index (χ4n) is 0.860. The lowest BCUT2D eigenvalue weighted by Gasteiger charge is -2.39. The molecule has 1 rings (SSSR count). The Morgan fingerprint density at radius 3 is 1.76 bits per heavy atom. The largest absolute Gasteiger partial charge is 0.665 e. The quantitative estimate of drug-likeness (QED) is 0.240. The van der Waals surface area contributed by atoms with Crippen LogP contribution in [-0.2, 0) is 20.6 Å². The average Bonchev–Trinajstić information content (AvgIpc) is 1.93. The van der Waals surface area contributed by atoms with E-state index in [0.717, 1.165) is 0 Å². The van der Waals surface area contributed by atoms with E-state index in [9.17, 15) is 9.59 Å². The van der Waals surface area contributed by atoms with Gasteiger partial charge in [0.25, 0.3) is 0 Å². The topological polar surface area (TPSA) is 188 Å². The molecule has 17 heavy (non-hydrogen) atoms. The lowest BCUT2D eigenvalue weighted by molar-refractivity contribution is -0.0535. The Kier molecular flexibility index (Phi) is 4.25. The molecule has 0 spiro atoms. The van der Waals surface area contributed by atoms with Crippen molar-refractivity contribution in [3.8, 4) is 0 Å². The van der Waals surface area contributed by atoms with Crippen LogP contribution in [0.25, 0.3) is 0 Å². The van der Waals surface area contributed by atoms with Crippen molar-refractivity contribution in [2.45, 2.75) is 0 Å². The van der Waals surface area contributed by atoms with Crippen molar-refractivity contribution in [1.82, 2.24) is 0 Å². The number of hydrogen-bond donors (Lipinski definition) is 7. The van der Waals surface area contributed by atoms with Crippen LogP contribution in [0.5, 0.6) is 0 Å². The van der Waals surface area contributed by atoms with Crippen molar-refractivity contribution >= 4 is 46.7 Å². The molecule has 2 atom stereocenters. The van der Waals surface area contributed by atoms with Gasteiger partial charge < -0.3 is 54.1 Å². The first-order valence-electron chi connectivity index (χ1n) is 3.81. The third-order valence-corrected chi connectivity index (χ3v) is 11.8. The summed E-state index contributed by atoms with van der Waals surface area (Å²) in [6.45, 7) is 0. The highest BCUT2D eigenvalue weighted by atomic mass is 28.6. The van der Waals surface area contributed by atoms with Crippen LogP contribution in [0.15, 0.2) is 0 Å². The third-order valence-electron chi connectivity index (χ3n) is 1.31. The van der Waals surface area contributed by atoms with Crippen LogP contribution < -0.4 is 0 Å². The lowest BCUT2D eigenvalue weighted by Crippen LogP contribution is -2.75. The van der Waals surface area contributed by atoms with Gasteiger partial charge in [0.1, 0.15) is 10.5 Å². The number of rotatable bonds is 3. The van der Waals surface area contributed by atoms with Gasteiger partial charge in [-0.05, 0) is 0 Å². The molecular formula is H10O12Si5. The van der Waals surface area contributed by atoms with Crippen molar-refractivity contribution in [2.75, 3.05) is 0 Å². The van der Waals surface area contributed by atoms with Gasteiger partial charge in [-0.2, -0.15) is 0 Å². The van der Waals surface area contributed by atoms with E-state index < -0.39 is 36.2 Å². The van der Waals surface area contributed by atoms with Crippen molar-refractivity contribution in [1.29, 1.82) is 0 Å². The molecule has 0 aromatic heterocycles. The first kappa shape index (κ1) is 15.7. The van der Waals surface area contributed by atoms with E-state index in [1.165, 1.54) is 0 Å². The summed E-state index contributed by atoms with van der Waals surface area (Å²) in [5, 5.41) is 0. The van der Waals surface area contributed by atoms with Gasteiger partial charge in [-0.3, -0.25) is 0 Å². The molecule has 0 amide bonds. The zero-order valence-electron chi connectivity index (χ0n) is 8.17. The summed E-state index contributed by atoms with van der Waals surface area (Å²) >= 11 is 0. The van der Waals surface area contributed by atoms with E-state index in [1.807, 2.05) is 0 Å². The van der Waals surface area contributed by atoms with Gasteiger partial charge in [-0.25, -0.2) is 0 Å². The molecule has 2 unspecified atom stereocenters. The Labute approximate surface area is 101 Å². The minimum atomic E-state index is -5.28. The maximum Gasteiger partial charge on any atom is 0.665 e. The van der Waals surface area contributed by atoms with Gasteiger partial charge in [0, 0.05) is 0 Å². The van der Waals surface area contributed by atoms with Crippen LogP contribution in [0.1, 0.15) is 0 Å². The molecule has 1 fully saturated rings. The molecule has 0 aromatic carbocycles. The molecule has 1 heterocycles. The van der Waals surface area contributed by atoms with Gasteiger partial charge in [-0.15, -0.1) is 0 Å². The monoisotopic (exact) mass is 342 g/mol. The summed E-state index contributed by atoms with van der Waals surface area (Å²) in [7, 11) is -20.2. The Balaban J connectivity index is 2.93. The molecule has 0 radical (unpaired) electrons. The van der Waals surface area contributed by atoms with Crippen LogP contribution in [-0.4, -0.2) is 80.2 Å². The first-order chi connectivity index (χ1) is 7.39. The minimum Gasteiger partial charge on any atom is -0.404 e. The molecule has 1 aliphatic rings. The Morgan fingerprint density at radius 1 is 0.882 bits per heavy atom. The normalized spacial score (nSPS) is 38.3. The van der Waals surface area contributed by atoms with Gasteiger partial charge in [0.15, 0.2) is 0 Å². The van der Waals surface area contributed by atoms with E-state index in [-0.39, 0.29) is 10.5 Å². The molecule has 0 aromatic rings. The van der Waals surface area contributed by atoms with Crippen molar-refractivity contribution < 1.29 is 54.1 Å². The summed E-state index contributed by atoms with van der Waals surface area (Å²) < 4.78 is 20.9. The van der Waals surface area contributed by atoms with Gasteiger partial charge in [0.05, 0.1) is 0 Å². The first-order valence-corrected chi connectivity index (χ1v) is 11.4. The summed E-state index contributed by atoms with van der Waals surface area (Å²) in [6.07, 6.45) is 0. The molecule has 0 saturated carbocycles. The molecule has 1 saturated heterocycles. The second-order valence-electron chi connectivity index (χ2n) is 2.78. The molecule has 0 aliphatic carbocycles. The maximum atomic E-state index is 9.48. The SMILES string of the molecule is O[Si](O)(O)O[Si]1(O)O[Si](O)(O)O[Si](O)(O[SiH3])O1. The summed E-state index contributed by atoms with van der Waals surface area (Å²) in [6, 6.07) is 0. The molecule has 17 heteroatoms. The standard InChI is InChI=1S/H10O12Si5/c1-14(2,3)9-17(7)11-15(4,5)10-16(6,8-13)12-17/h1-7H,13H3. The zero-order valence-corrected chi connectivity index (χ0v) is 14.2. The summed E-state index contributed by atoms with van der Waals surface area (Å²) in [5.74, 6) is 0. The molecular weight excluding hydrogens is 332 g/mol. The highest BCUT2D eigenvalue weighted by molar-refractivity contribution is 6.83. The van der Waals surface area contributed by atoms with Crippen molar-refractivity contribution in [3.63, 3.8) is 0 Å². The van der Waals surface area contributed by atoms with Gasteiger partial charge in [0.2, 0.25) is 0 Å². The molecule has 0 bridgehead atoms. The Bertz CT molecular complexity index is 279. The second kappa shape index (κ2) is 4.61. The highest BCUT2D eigenvalue weighted by Crippen LogP contribution is 2.26. The molecule has 1 aliphatic heterocycles. The van der Waals surface area contributed by atoms with Crippen LogP contribution in [0.3, 0.4) is 0 Å². The smallest absolute Gasteiger partial charge is 0.404 e. The maximum absolute atomic E-state index is 9.48. The van der Waals surface area contributed by atoms with E-state index >= 15 is 0 Å². The summed E-state index contributed by atoms with van der Waals surface area (Å²) in [4.78, 5) is 63.0. The fraction of sp³-hybridized carbons (Fsp3) is 0. The van der Waals surface area contributed by atoms with E-state index in [4.69, 9.17) is 24.0 Å². The Hall–Kier alpha value is 0.604. The predicted octanol–water partition coefficient (Wildman–Crippen LogP) is -6.95. The lowest BCUT2D eigenvalue weighted by atomic mass is 15.5. The predicted molar refractivity (Wildman–Crippen MR) is 53.9 cm³/mol. The average molecular weight is 342 g/mol. The third kappa shape index (κ3) is 4.65. The van der Waals surface area contributed by atoms with Crippen LogP contribution in [0.2, 0.25) is 0 Å². The fourth-order valence-corrected chi connectivity index (χ4v) is 11.1.